The topological polar surface area (TPSA) is 87.3 Å². The molecular weight excluding hydrogens is 350 g/mol. The quantitative estimate of drug-likeness (QED) is 0.704. The van der Waals surface area contributed by atoms with Crippen molar-refractivity contribution < 1.29 is 14.4 Å². The number of hydrogen-bond acceptors (Lipinski definition) is 4. The Kier molecular flexibility index (Phi) is 6.52. The fourth-order valence-electron chi connectivity index (χ4n) is 2.40. The molecule has 7 heteroatoms. The Hall–Kier alpha value is -2.67. The molecule has 0 bridgehead atoms. The van der Waals surface area contributed by atoms with Gasteiger partial charge < -0.3 is 5.32 Å². The summed E-state index contributed by atoms with van der Waals surface area (Å²) in [5.74, 6) is -1.21. The zero-order valence-corrected chi connectivity index (χ0v) is 16.1. The lowest BCUT2D eigenvalue weighted by atomic mass is 10.1. The van der Waals surface area contributed by atoms with Crippen molar-refractivity contribution in [3.8, 4) is 0 Å². The average Bonchev–Trinajstić information content (AvgIpc) is 3.00. The molecule has 1 aromatic heterocycles. The Morgan fingerprint density at radius 1 is 1.08 bits per heavy atom. The summed E-state index contributed by atoms with van der Waals surface area (Å²) in [4.78, 5) is 38.1. The number of carbonyl (C=O) groups is 3. The number of carbonyl (C=O) groups excluding carboxylic acids is 3. The third kappa shape index (κ3) is 4.92. The van der Waals surface area contributed by atoms with Gasteiger partial charge in [-0.3, -0.25) is 25.2 Å². The van der Waals surface area contributed by atoms with E-state index in [4.69, 9.17) is 0 Å². The summed E-state index contributed by atoms with van der Waals surface area (Å²) in [6.45, 7) is 7.42. The number of rotatable bonds is 5. The maximum atomic E-state index is 12.2. The smallest absolute Gasteiger partial charge is 0.279 e. The van der Waals surface area contributed by atoms with Crippen LogP contribution in [0.1, 0.15) is 49.9 Å². The second kappa shape index (κ2) is 8.62. The van der Waals surface area contributed by atoms with E-state index in [9.17, 15) is 14.4 Å². The number of amides is 3. The summed E-state index contributed by atoms with van der Waals surface area (Å²) in [5.41, 5.74) is 7.24. The van der Waals surface area contributed by atoms with Gasteiger partial charge in [0.1, 0.15) is 6.04 Å². The summed E-state index contributed by atoms with van der Waals surface area (Å²) in [6.07, 6.45) is 0.859. The Bertz CT molecular complexity index is 829. The fraction of sp³-hybridized carbons (Fsp3) is 0.316. The van der Waals surface area contributed by atoms with Gasteiger partial charge in [0.25, 0.3) is 17.7 Å². The van der Waals surface area contributed by atoms with Gasteiger partial charge in [-0.25, -0.2) is 0 Å². The van der Waals surface area contributed by atoms with Crippen molar-refractivity contribution in [1.82, 2.24) is 16.2 Å². The van der Waals surface area contributed by atoms with E-state index in [1.807, 2.05) is 26.8 Å². The minimum absolute atomic E-state index is 0.343. The summed E-state index contributed by atoms with van der Waals surface area (Å²) >= 11 is 1.40. The van der Waals surface area contributed by atoms with Crippen LogP contribution in [-0.2, 0) is 11.2 Å². The minimum Gasteiger partial charge on any atom is -0.340 e. The van der Waals surface area contributed by atoms with Crippen LogP contribution in [0, 0.1) is 13.8 Å². The van der Waals surface area contributed by atoms with Gasteiger partial charge in [-0.2, -0.15) is 0 Å². The molecule has 0 aliphatic carbocycles. The standard InChI is InChI=1S/C19H23N3O3S/c1-5-15-12(3)10-16(26-15)19(25)22-21-17(23)13(4)20-18(24)14-8-6-7-11(2)9-14/h6-10,13H,5H2,1-4H3,(H,20,24)(H,21,23)(H,22,25)/t13-/m0/s1. The molecule has 2 rings (SSSR count). The molecule has 26 heavy (non-hydrogen) atoms. The molecule has 1 aromatic carbocycles. The highest BCUT2D eigenvalue weighted by Crippen LogP contribution is 2.21. The van der Waals surface area contributed by atoms with E-state index in [1.165, 1.54) is 11.3 Å². The number of benzene rings is 1. The van der Waals surface area contributed by atoms with Crippen LogP contribution in [0.2, 0.25) is 0 Å². The number of nitrogens with one attached hydrogen (secondary N) is 3. The van der Waals surface area contributed by atoms with E-state index < -0.39 is 11.9 Å². The van der Waals surface area contributed by atoms with E-state index in [-0.39, 0.29) is 11.8 Å². The van der Waals surface area contributed by atoms with E-state index in [1.54, 1.807) is 31.2 Å². The number of hydrazine groups is 1. The third-order valence-electron chi connectivity index (χ3n) is 3.89. The van der Waals surface area contributed by atoms with E-state index in [0.717, 1.165) is 22.4 Å². The normalized spacial score (nSPS) is 11.5. The van der Waals surface area contributed by atoms with Crippen LogP contribution >= 0.6 is 11.3 Å². The molecule has 0 aliphatic rings. The molecule has 1 atom stereocenters. The summed E-state index contributed by atoms with van der Waals surface area (Å²) in [5, 5.41) is 2.61. The molecule has 0 fully saturated rings. The maximum absolute atomic E-state index is 12.2. The molecule has 3 N–H and O–H groups in total. The number of aryl methyl sites for hydroxylation is 3. The van der Waals surface area contributed by atoms with Crippen LogP contribution in [0.15, 0.2) is 30.3 Å². The molecular formula is C19H23N3O3S. The molecule has 0 radical (unpaired) electrons. The van der Waals surface area contributed by atoms with Crippen LogP contribution in [0.3, 0.4) is 0 Å². The van der Waals surface area contributed by atoms with Gasteiger partial charge >= 0.3 is 0 Å². The Labute approximate surface area is 157 Å². The molecule has 138 valence electrons. The van der Waals surface area contributed by atoms with Crippen molar-refractivity contribution >= 4 is 29.1 Å². The lowest BCUT2D eigenvalue weighted by molar-refractivity contribution is -0.123. The van der Waals surface area contributed by atoms with Crippen LogP contribution in [0.4, 0.5) is 0 Å². The first-order valence-corrected chi connectivity index (χ1v) is 9.20. The van der Waals surface area contributed by atoms with Gasteiger partial charge in [-0.05, 0) is 51.0 Å². The van der Waals surface area contributed by atoms with Crippen LogP contribution in [0.25, 0.3) is 0 Å². The second-order valence-corrected chi connectivity index (χ2v) is 7.22. The first-order chi connectivity index (χ1) is 12.3. The predicted molar refractivity (Wildman–Crippen MR) is 102 cm³/mol. The van der Waals surface area contributed by atoms with Crippen molar-refractivity contribution in [3.05, 3.63) is 56.8 Å². The highest BCUT2D eigenvalue weighted by molar-refractivity contribution is 7.14. The highest BCUT2D eigenvalue weighted by atomic mass is 32.1. The van der Waals surface area contributed by atoms with Crippen molar-refractivity contribution in [2.45, 2.75) is 40.2 Å². The van der Waals surface area contributed by atoms with Crippen LogP contribution in [0.5, 0.6) is 0 Å². The average molecular weight is 373 g/mol. The SMILES string of the molecule is CCc1sc(C(=O)NNC(=O)[C@H](C)NC(=O)c2cccc(C)c2)cc1C. The number of thiophene rings is 1. The molecule has 2 aromatic rings. The fourth-order valence-corrected chi connectivity index (χ4v) is 3.41. The Morgan fingerprint density at radius 2 is 1.81 bits per heavy atom. The van der Waals surface area contributed by atoms with E-state index in [2.05, 4.69) is 16.2 Å². The monoisotopic (exact) mass is 373 g/mol. The Morgan fingerprint density at radius 3 is 2.42 bits per heavy atom. The van der Waals surface area contributed by atoms with Crippen LogP contribution < -0.4 is 16.2 Å². The molecule has 0 saturated carbocycles. The van der Waals surface area contributed by atoms with E-state index in [0.29, 0.717) is 10.4 Å². The first-order valence-electron chi connectivity index (χ1n) is 8.38. The second-order valence-electron chi connectivity index (χ2n) is 6.08. The Balaban J connectivity index is 1.88. The lowest BCUT2D eigenvalue weighted by Crippen LogP contribution is -2.51. The van der Waals surface area contributed by atoms with Crippen molar-refractivity contribution in [2.75, 3.05) is 0 Å². The summed E-state index contributed by atoms with van der Waals surface area (Å²) in [6, 6.07) is 8.10. The van der Waals surface area contributed by atoms with Crippen LogP contribution in [-0.4, -0.2) is 23.8 Å². The van der Waals surface area contributed by atoms with Gasteiger partial charge in [-0.1, -0.05) is 24.6 Å². The maximum Gasteiger partial charge on any atom is 0.279 e. The number of hydrogen-bond donors (Lipinski definition) is 3. The molecule has 0 aliphatic heterocycles. The van der Waals surface area contributed by atoms with Crippen molar-refractivity contribution in [2.24, 2.45) is 0 Å². The molecule has 0 saturated heterocycles. The minimum atomic E-state index is -0.792. The van der Waals surface area contributed by atoms with E-state index >= 15 is 0 Å². The highest BCUT2D eigenvalue weighted by Gasteiger charge is 2.18. The summed E-state index contributed by atoms with van der Waals surface area (Å²) in [7, 11) is 0. The van der Waals surface area contributed by atoms with Gasteiger partial charge in [0.15, 0.2) is 0 Å². The molecule has 1 heterocycles. The zero-order valence-electron chi connectivity index (χ0n) is 15.3. The van der Waals surface area contributed by atoms with Crippen molar-refractivity contribution in [3.63, 3.8) is 0 Å². The lowest BCUT2D eigenvalue weighted by Gasteiger charge is -2.14. The molecule has 6 nitrogen and oxygen atoms in total. The molecule has 3 amide bonds. The van der Waals surface area contributed by atoms with Gasteiger partial charge in [-0.15, -0.1) is 11.3 Å². The van der Waals surface area contributed by atoms with Gasteiger partial charge in [0.05, 0.1) is 4.88 Å². The molecule has 0 spiro atoms. The third-order valence-corrected chi connectivity index (χ3v) is 5.27. The van der Waals surface area contributed by atoms with Gasteiger partial charge in [0.2, 0.25) is 0 Å². The zero-order chi connectivity index (χ0) is 19.3. The first kappa shape index (κ1) is 19.7. The molecule has 0 unspecified atom stereocenters. The predicted octanol–water partition coefficient (Wildman–Crippen LogP) is 2.51. The van der Waals surface area contributed by atoms with Crippen molar-refractivity contribution in [1.29, 1.82) is 0 Å². The largest absolute Gasteiger partial charge is 0.340 e. The van der Waals surface area contributed by atoms with Gasteiger partial charge in [0, 0.05) is 10.4 Å². The summed E-state index contributed by atoms with van der Waals surface area (Å²) < 4.78 is 0.